The highest BCUT2D eigenvalue weighted by molar-refractivity contribution is 7.37. The van der Waals surface area contributed by atoms with E-state index in [4.69, 9.17) is 4.89 Å². The molecule has 0 aliphatic heterocycles. The summed E-state index contributed by atoms with van der Waals surface area (Å²) in [4.78, 5) is 8.67. The van der Waals surface area contributed by atoms with Gasteiger partial charge in [-0.05, 0) is 49.9 Å². The molecule has 4 heteroatoms. The molecule has 3 nitrogen and oxygen atoms in total. The minimum absolute atomic E-state index is 0.444. The Bertz CT molecular complexity index is 346. The van der Waals surface area contributed by atoms with Crippen LogP contribution in [0.3, 0.4) is 0 Å². The number of nitrogens with one attached hydrogen (secondary N) is 1. The maximum absolute atomic E-state index is 10.5. The highest BCUT2D eigenvalue weighted by Crippen LogP contribution is 2.16. The largest absolute Gasteiger partial charge is 0.385 e. The van der Waals surface area contributed by atoms with E-state index in [-0.39, 0.29) is 0 Å². The minimum atomic E-state index is -2.27. The number of unbranched alkanes of at least 4 members (excludes halogenated alkanes) is 1. The van der Waals surface area contributed by atoms with Crippen LogP contribution in [0.1, 0.15) is 24.0 Å². The van der Waals surface area contributed by atoms with Gasteiger partial charge in [-0.3, -0.25) is 4.57 Å². The topological polar surface area (TPSA) is 49.3 Å². The SMILES string of the molecule is Cc1cc(C)cc(NCCCC[PH](=O)O)c1. The molecule has 0 aliphatic rings. The highest BCUT2D eigenvalue weighted by atomic mass is 31.1. The fraction of sp³-hybridized carbons (Fsp3) is 0.500. The van der Waals surface area contributed by atoms with Crippen LogP contribution in [0, 0.1) is 13.8 Å². The summed E-state index contributed by atoms with van der Waals surface area (Å²) in [6.07, 6.45) is 2.19. The molecule has 2 N–H and O–H groups in total. The summed E-state index contributed by atoms with van der Waals surface area (Å²) in [6, 6.07) is 6.37. The molecule has 0 saturated carbocycles. The van der Waals surface area contributed by atoms with Crippen molar-refractivity contribution in [3.8, 4) is 0 Å². The minimum Gasteiger partial charge on any atom is -0.385 e. The van der Waals surface area contributed by atoms with Gasteiger partial charge in [0.1, 0.15) is 0 Å². The molecule has 0 spiro atoms. The molecule has 1 aromatic rings. The molecule has 0 saturated heterocycles. The van der Waals surface area contributed by atoms with Gasteiger partial charge in [0.15, 0.2) is 8.03 Å². The van der Waals surface area contributed by atoms with E-state index in [2.05, 4.69) is 37.4 Å². The van der Waals surface area contributed by atoms with Gasteiger partial charge >= 0.3 is 0 Å². The molecule has 0 heterocycles. The van der Waals surface area contributed by atoms with Crippen LogP contribution in [0.4, 0.5) is 5.69 Å². The van der Waals surface area contributed by atoms with Crippen molar-refractivity contribution < 1.29 is 9.46 Å². The summed E-state index contributed by atoms with van der Waals surface area (Å²) < 4.78 is 10.5. The Kier molecular flexibility index (Phi) is 5.58. The second-order valence-corrected chi connectivity index (χ2v) is 5.44. The Hall–Kier alpha value is -0.790. The fourth-order valence-electron chi connectivity index (χ4n) is 1.71. The van der Waals surface area contributed by atoms with E-state index in [9.17, 15) is 4.57 Å². The summed E-state index contributed by atoms with van der Waals surface area (Å²) in [5.41, 5.74) is 3.64. The monoisotopic (exact) mass is 241 g/mol. The van der Waals surface area contributed by atoms with Gasteiger partial charge in [0.2, 0.25) is 0 Å². The number of hydrogen-bond acceptors (Lipinski definition) is 2. The van der Waals surface area contributed by atoms with E-state index >= 15 is 0 Å². The third kappa shape index (κ3) is 5.34. The van der Waals surface area contributed by atoms with E-state index in [1.807, 2.05) is 0 Å². The van der Waals surface area contributed by atoms with Crippen LogP contribution in [0.25, 0.3) is 0 Å². The molecule has 1 unspecified atom stereocenters. The summed E-state index contributed by atoms with van der Waals surface area (Å²) >= 11 is 0. The lowest BCUT2D eigenvalue weighted by Gasteiger charge is -2.08. The van der Waals surface area contributed by atoms with E-state index in [1.165, 1.54) is 11.1 Å². The number of anilines is 1. The van der Waals surface area contributed by atoms with Crippen LogP contribution in [0.5, 0.6) is 0 Å². The van der Waals surface area contributed by atoms with E-state index < -0.39 is 8.03 Å². The predicted octanol–water partition coefficient (Wildman–Crippen LogP) is 2.96. The smallest absolute Gasteiger partial charge is 0.189 e. The Morgan fingerprint density at radius 2 is 1.81 bits per heavy atom. The van der Waals surface area contributed by atoms with Crippen molar-refractivity contribution in [1.29, 1.82) is 0 Å². The Balaban J connectivity index is 2.29. The van der Waals surface area contributed by atoms with Crippen LogP contribution < -0.4 is 5.32 Å². The second-order valence-electron chi connectivity index (χ2n) is 4.15. The number of aryl methyl sites for hydroxylation is 2. The number of rotatable bonds is 6. The van der Waals surface area contributed by atoms with Crippen molar-refractivity contribution in [3.63, 3.8) is 0 Å². The lowest BCUT2D eigenvalue weighted by Crippen LogP contribution is -2.02. The first-order chi connectivity index (χ1) is 7.58. The molecule has 0 bridgehead atoms. The summed E-state index contributed by atoms with van der Waals surface area (Å²) in [7, 11) is -2.27. The van der Waals surface area contributed by atoms with Gasteiger partial charge in [0, 0.05) is 18.4 Å². The van der Waals surface area contributed by atoms with Crippen LogP contribution in [0.2, 0.25) is 0 Å². The van der Waals surface area contributed by atoms with Gasteiger partial charge in [0.05, 0.1) is 0 Å². The number of benzene rings is 1. The molecule has 0 aliphatic carbocycles. The Morgan fingerprint density at radius 3 is 2.38 bits per heavy atom. The van der Waals surface area contributed by atoms with E-state index in [0.717, 1.165) is 25.1 Å². The normalized spacial score (nSPS) is 12.4. The summed E-state index contributed by atoms with van der Waals surface area (Å²) in [5, 5.41) is 3.33. The molecule has 1 atom stereocenters. The van der Waals surface area contributed by atoms with Crippen LogP contribution in [0.15, 0.2) is 18.2 Å². The Morgan fingerprint density at radius 1 is 1.19 bits per heavy atom. The zero-order chi connectivity index (χ0) is 12.0. The average molecular weight is 241 g/mol. The maximum Gasteiger partial charge on any atom is 0.189 e. The first-order valence-corrected chi connectivity index (χ1v) is 7.18. The summed E-state index contributed by atoms with van der Waals surface area (Å²) in [5.74, 6) is 0. The van der Waals surface area contributed by atoms with Crippen LogP contribution >= 0.6 is 8.03 Å². The third-order valence-electron chi connectivity index (χ3n) is 2.37. The third-order valence-corrected chi connectivity index (χ3v) is 3.15. The molecular weight excluding hydrogens is 221 g/mol. The molecule has 1 rings (SSSR count). The second kappa shape index (κ2) is 6.72. The van der Waals surface area contributed by atoms with Gasteiger partial charge in [-0.1, -0.05) is 6.07 Å². The average Bonchev–Trinajstić information content (AvgIpc) is 2.15. The summed E-state index contributed by atoms with van der Waals surface area (Å²) in [6.45, 7) is 5.02. The molecule has 1 aromatic carbocycles. The van der Waals surface area contributed by atoms with Gasteiger partial charge in [-0.25, -0.2) is 0 Å². The molecule has 90 valence electrons. The van der Waals surface area contributed by atoms with Crippen LogP contribution in [-0.2, 0) is 4.57 Å². The van der Waals surface area contributed by atoms with Gasteiger partial charge < -0.3 is 10.2 Å². The molecule has 0 amide bonds. The van der Waals surface area contributed by atoms with Crippen molar-refractivity contribution in [3.05, 3.63) is 29.3 Å². The predicted molar refractivity (Wildman–Crippen MR) is 69.7 cm³/mol. The highest BCUT2D eigenvalue weighted by Gasteiger charge is 1.96. The molecule has 0 aromatic heterocycles. The standard InChI is InChI=1S/C12H20NO2P/c1-10-7-11(2)9-12(8-10)13-5-3-4-6-16(14)15/h7-9,13,16H,3-6H2,1-2H3,(H,14,15). The zero-order valence-electron chi connectivity index (χ0n) is 9.92. The Labute approximate surface area is 97.8 Å². The zero-order valence-corrected chi connectivity index (χ0v) is 10.9. The van der Waals surface area contributed by atoms with E-state index in [0.29, 0.717) is 6.16 Å². The lowest BCUT2D eigenvalue weighted by atomic mass is 10.1. The van der Waals surface area contributed by atoms with Crippen molar-refractivity contribution in [2.75, 3.05) is 18.0 Å². The molecule has 0 radical (unpaired) electrons. The quantitative estimate of drug-likeness (QED) is 0.594. The molecule has 16 heavy (non-hydrogen) atoms. The van der Waals surface area contributed by atoms with Crippen LogP contribution in [-0.4, -0.2) is 17.6 Å². The van der Waals surface area contributed by atoms with Crippen molar-refractivity contribution >= 4 is 13.7 Å². The van der Waals surface area contributed by atoms with Gasteiger partial charge in [-0.15, -0.1) is 0 Å². The van der Waals surface area contributed by atoms with Crippen molar-refractivity contribution in [2.24, 2.45) is 0 Å². The molecular formula is C12H20NO2P. The first kappa shape index (κ1) is 13.3. The maximum atomic E-state index is 10.5. The van der Waals surface area contributed by atoms with Gasteiger partial charge in [0.25, 0.3) is 0 Å². The van der Waals surface area contributed by atoms with Crippen molar-refractivity contribution in [2.45, 2.75) is 26.7 Å². The fourth-order valence-corrected chi connectivity index (χ4v) is 2.26. The first-order valence-electron chi connectivity index (χ1n) is 5.62. The van der Waals surface area contributed by atoms with Crippen molar-refractivity contribution in [1.82, 2.24) is 0 Å². The van der Waals surface area contributed by atoms with Gasteiger partial charge in [-0.2, -0.15) is 0 Å². The van der Waals surface area contributed by atoms with E-state index in [1.54, 1.807) is 0 Å². The number of hydrogen-bond donors (Lipinski definition) is 2. The molecule has 0 fully saturated rings. The lowest BCUT2D eigenvalue weighted by molar-refractivity contribution is 0.500.